The van der Waals surface area contributed by atoms with Crippen LogP contribution in [-0.4, -0.2) is 24.8 Å². The van der Waals surface area contributed by atoms with Crippen LogP contribution in [0.3, 0.4) is 0 Å². The topological polar surface area (TPSA) is 38.8 Å². The maximum atomic E-state index is 10.8. The maximum absolute atomic E-state index is 10.8. The number of epoxide rings is 1. The van der Waals surface area contributed by atoms with Gasteiger partial charge in [0.15, 0.2) is 0 Å². The van der Waals surface area contributed by atoms with Crippen molar-refractivity contribution < 1.29 is 14.3 Å². The molecule has 1 saturated carbocycles. The van der Waals surface area contributed by atoms with Crippen molar-refractivity contribution in [2.75, 3.05) is 6.61 Å². The second-order valence-electron chi connectivity index (χ2n) is 2.88. The van der Waals surface area contributed by atoms with Crippen molar-refractivity contribution in [2.45, 2.75) is 12.2 Å². The highest BCUT2D eigenvalue weighted by Gasteiger charge is 2.70. The van der Waals surface area contributed by atoms with E-state index in [2.05, 4.69) is 0 Å². The van der Waals surface area contributed by atoms with E-state index >= 15 is 0 Å². The van der Waals surface area contributed by atoms with E-state index in [-0.39, 0.29) is 18.0 Å². The van der Waals surface area contributed by atoms with Gasteiger partial charge in [-0.3, -0.25) is 4.79 Å². The average Bonchev–Trinajstić information content (AvgIpc) is 2.38. The van der Waals surface area contributed by atoms with Crippen molar-refractivity contribution in [2.24, 2.45) is 11.8 Å². The third-order valence-electron chi connectivity index (χ3n) is 2.49. The summed E-state index contributed by atoms with van der Waals surface area (Å²) < 4.78 is 9.99. The van der Waals surface area contributed by atoms with Crippen LogP contribution in [0.25, 0.3) is 0 Å². The highest BCUT2D eigenvalue weighted by atomic mass is 16.6. The van der Waals surface area contributed by atoms with E-state index in [0.717, 1.165) is 0 Å². The first kappa shape index (κ1) is 4.28. The van der Waals surface area contributed by atoms with Crippen LogP contribution < -0.4 is 0 Å². The summed E-state index contributed by atoms with van der Waals surface area (Å²) >= 11 is 0. The molecule has 1 aliphatic carbocycles. The van der Waals surface area contributed by atoms with E-state index in [0.29, 0.717) is 18.6 Å². The number of rotatable bonds is 0. The van der Waals surface area contributed by atoms with Gasteiger partial charge in [0.05, 0.1) is 24.7 Å². The standard InChI is InChI=1S/C6H6O3/c7-6-3-2(1-8-6)4-5(3)9-4/h2-5H,1H2. The Morgan fingerprint density at radius 1 is 1.44 bits per heavy atom. The lowest BCUT2D eigenvalue weighted by molar-refractivity contribution is -0.141. The van der Waals surface area contributed by atoms with Crippen molar-refractivity contribution in [3.8, 4) is 0 Å². The van der Waals surface area contributed by atoms with Gasteiger partial charge in [-0.25, -0.2) is 0 Å². The first-order valence-corrected chi connectivity index (χ1v) is 3.20. The molecule has 3 rings (SSSR count). The van der Waals surface area contributed by atoms with E-state index in [4.69, 9.17) is 9.47 Å². The van der Waals surface area contributed by atoms with Crippen LogP contribution in [0.5, 0.6) is 0 Å². The smallest absolute Gasteiger partial charge is 0.312 e. The molecule has 4 unspecified atom stereocenters. The van der Waals surface area contributed by atoms with Crippen LogP contribution in [0.2, 0.25) is 0 Å². The Morgan fingerprint density at radius 2 is 2.33 bits per heavy atom. The van der Waals surface area contributed by atoms with Crippen molar-refractivity contribution >= 4 is 5.97 Å². The molecule has 2 saturated heterocycles. The number of cyclic esters (lactones) is 1. The number of carbonyl (C=O) groups excluding carboxylic acids is 1. The quantitative estimate of drug-likeness (QED) is 0.326. The number of ether oxygens (including phenoxy) is 2. The van der Waals surface area contributed by atoms with Crippen LogP contribution in [0.1, 0.15) is 0 Å². The number of hydrogen-bond donors (Lipinski definition) is 0. The van der Waals surface area contributed by atoms with Gasteiger partial charge >= 0.3 is 5.97 Å². The maximum Gasteiger partial charge on any atom is 0.312 e. The Balaban J connectivity index is 1.97. The first-order chi connectivity index (χ1) is 4.38. The van der Waals surface area contributed by atoms with Crippen molar-refractivity contribution in [1.29, 1.82) is 0 Å². The highest BCUT2D eigenvalue weighted by Crippen LogP contribution is 2.55. The Kier molecular flexibility index (Phi) is 0.481. The molecular formula is C6H6O3. The number of carbonyl (C=O) groups is 1. The average molecular weight is 126 g/mol. The fraction of sp³-hybridized carbons (Fsp3) is 0.833. The summed E-state index contributed by atoms with van der Waals surface area (Å²) in [5.74, 6) is 0.497. The van der Waals surface area contributed by atoms with Gasteiger partial charge in [0.2, 0.25) is 0 Å². The van der Waals surface area contributed by atoms with Gasteiger partial charge in [0.1, 0.15) is 0 Å². The predicted molar refractivity (Wildman–Crippen MR) is 26.6 cm³/mol. The third kappa shape index (κ3) is 0.314. The second kappa shape index (κ2) is 1.01. The minimum Gasteiger partial charge on any atom is -0.465 e. The summed E-state index contributed by atoms with van der Waals surface area (Å²) in [4.78, 5) is 10.8. The summed E-state index contributed by atoms with van der Waals surface area (Å²) in [6.45, 7) is 0.602. The summed E-state index contributed by atoms with van der Waals surface area (Å²) in [7, 11) is 0. The van der Waals surface area contributed by atoms with Gasteiger partial charge in [-0.05, 0) is 0 Å². The summed E-state index contributed by atoms with van der Waals surface area (Å²) in [6.07, 6.45) is 0.645. The van der Waals surface area contributed by atoms with Crippen LogP contribution >= 0.6 is 0 Å². The molecule has 0 bridgehead atoms. The SMILES string of the molecule is O=C1OCC2C3OC3C12. The van der Waals surface area contributed by atoms with Gasteiger partial charge in [-0.2, -0.15) is 0 Å². The molecule has 48 valence electrons. The molecule has 0 N–H and O–H groups in total. The fourth-order valence-electron chi connectivity index (χ4n) is 1.85. The lowest BCUT2D eigenvalue weighted by atomic mass is 9.76. The third-order valence-corrected chi connectivity index (χ3v) is 2.49. The second-order valence-corrected chi connectivity index (χ2v) is 2.88. The van der Waals surface area contributed by atoms with Gasteiger partial charge in [0.25, 0.3) is 0 Å². The molecule has 3 fully saturated rings. The van der Waals surface area contributed by atoms with E-state index in [9.17, 15) is 4.79 Å². The number of fused-ring (bicyclic) bond motifs is 4. The van der Waals surface area contributed by atoms with Crippen LogP contribution in [0.15, 0.2) is 0 Å². The van der Waals surface area contributed by atoms with E-state index in [1.54, 1.807) is 0 Å². The molecular weight excluding hydrogens is 120 g/mol. The molecule has 0 aromatic heterocycles. The Hall–Kier alpha value is -0.570. The van der Waals surface area contributed by atoms with Gasteiger partial charge in [-0.15, -0.1) is 0 Å². The minimum absolute atomic E-state index is 0.0428. The zero-order valence-electron chi connectivity index (χ0n) is 4.74. The van der Waals surface area contributed by atoms with Gasteiger partial charge in [-0.1, -0.05) is 0 Å². The van der Waals surface area contributed by atoms with Crippen molar-refractivity contribution in [1.82, 2.24) is 0 Å². The van der Waals surface area contributed by atoms with Gasteiger partial charge < -0.3 is 9.47 Å². The van der Waals surface area contributed by atoms with Crippen molar-refractivity contribution in [3.63, 3.8) is 0 Å². The molecule has 0 aromatic carbocycles. The van der Waals surface area contributed by atoms with Crippen LogP contribution in [-0.2, 0) is 14.3 Å². The normalized spacial score (nSPS) is 59.3. The van der Waals surface area contributed by atoms with Crippen LogP contribution in [0, 0.1) is 11.8 Å². The Morgan fingerprint density at radius 3 is 3.11 bits per heavy atom. The zero-order valence-corrected chi connectivity index (χ0v) is 4.74. The summed E-state index contributed by atoms with van der Waals surface area (Å²) in [5.41, 5.74) is 0. The number of esters is 1. The predicted octanol–water partition coefficient (Wildman–Crippen LogP) is -0.443. The van der Waals surface area contributed by atoms with E-state index in [1.165, 1.54) is 0 Å². The largest absolute Gasteiger partial charge is 0.465 e. The number of hydrogen-bond acceptors (Lipinski definition) is 3. The van der Waals surface area contributed by atoms with Crippen LogP contribution in [0.4, 0.5) is 0 Å². The molecule has 3 heteroatoms. The molecule has 0 radical (unpaired) electrons. The molecule has 0 spiro atoms. The molecule has 4 atom stereocenters. The summed E-state index contributed by atoms with van der Waals surface area (Å²) in [6, 6.07) is 0. The highest BCUT2D eigenvalue weighted by molar-refractivity contribution is 5.78. The summed E-state index contributed by atoms with van der Waals surface area (Å²) in [5, 5.41) is 0. The zero-order chi connectivity index (χ0) is 6.01. The first-order valence-electron chi connectivity index (χ1n) is 3.20. The molecule has 0 amide bonds. The molecule has 3 aliphatic rings. The minimum atomic E-state index is -0.0428. The Labute approximate surface area is 51.9 Å². The van der Waals surface area contributed by atoms with E-state index in [1.807, 2.05) is 0 Å². The lowest BCUT2D eigenvalue weighted by Gasteiger charge is -2.17. The molecule has 2 heterocycles. The molecule has 0 aromatic rings. The fourth-order valence-corrected chi connectivity index (χ4v) is 1.85. The Bertz CT molecular complexity index is 189. The van der Waals surface area contributed by atoms with Crippen molar-refractivity contribution in [3.05, 3.63) is 0 Å². The van der Waals surface area contributed by atoms with Gasteiger partial charge in [0, 0.05) is 5.92 Å². The molecule has 2 aliphatic heterocycles. The van der Waals surface area contributed by atoms with E-state index < -0.39 is 0 Å². The molecule has 3 nitrogen and oxygen atoms in total. The monoisotopic (exact) mass is 126 g/mol. The lowest BCUT2D eigenvalue weighted by Crippen LogP contribution is -2.36. The molecule has 9 heavy (non-hydrogen) atoms.